The smallest absolute Gasteiger partial charge is 0.221 e. The van der Waals surface area contributed by atoms with E-state index in [0.717, 1.165) is 0 Å². The van der Waals surface area contributed by atoms with Crippen LogP contribution in [0.5, 0.6) is 0 Å². The van der Waals surface area contributed by atoms with Crippen molar-refractivity contribution in [3.05, 3.63) is 0 Å². The van der Waals surface area contributed by atoms with Crippen LogP contribution in [-0.2, 0) is 14.6 Å². The van der Waals surface area contributed by atoms with Crippen LogP contribution in [0.25, 0.3) is 0 Å². The van der Waals surface area contributed by atoms with Crippen LogP contribution in [0.3, 0.4) is 0 Å². The number of amides is 1. The van der Waals surface area contributed by atoms with Crippen molar-refractivity contribution in [1.29, 1.82) is 0 Å². The second kappa shape index (κ2) is 5.98. The summed E-state index contributed by atoms with van der Waals surface area (Å²) in [6, 6.07) is 0.0414. The molecule has 0 aliphatic rings. The fraction of sp³-hybridized carbons (Fsp3) is 0.875. The number of sulfone groups is 1. The van der Waals surface area contributed by atoms with Crippen molar-refractivity contribution in [1.82, 2.24) is 5.32 Å². The monoisotopic (exact) mass is 222 g/mol. The maximum Gasteiger partial charge on any atom is 0.221 e. The van der Waals surface area contributed by atoms with E-state index in [-0.39, 0.29) is 36.4 Å². The van der Waals surface area contributed by atoms with Crippen LogP contribution < -0.4 is 11.1 Å². The van der Waals surface area contributed by atoms with Gasteiger partial charge in [-0.2, -0.15) is 0 Å². The molecule has 0 saturated heterocycles. The first-order valence-corrected chi connectivity index (χ1v) is 6.39. The molecular weight excluding hydrogens is 204 g/mol. The minimum Gasteiger partial charge on any atom is -0.354 e. The van der Waals surface area contributed by atoms with Gasteiger partial charge in [0.15, 0.2) is 9.84 Å². The molecule has 5 nitrogen and oxygen atoms in total. The van der Waals surface area contributed by atoms with Crippen LogP contribution in [0, 0.1) is 0 Å². The van der Waals surface area contributed by atoms with Gasteiger partial charge in [0.2, 0.25) is 5.91 Å². The minimum absolute atomic E-state index is 0.0144. The molecule has 0 unspecified atom stereocenters. The third kappa shape index (κ3) is 6.85. The van der Waals surface area contributed by atoms with E-state index in [1.807, 2.05) is 13.8 Å². The van der Waals surface area contributed by atoms with Gasteiger partial charge in [-0.15, -0.1) is 0 Å². The predicted octanol–water partition coefficient (Wildman–Crippen LogP) is -0.725. The summed E-state index contributed by atoms with van der Waals surface area (Å²) in [5, 5.41) is 2.62. The van der Waals surface area contributed by atoms with Gasteiger partial charge in [-0.25, -0.2) is 8.42 Å². The molecule has 6 heteroatoms. The van der Waals surface area contributed by atoms with Crippen LogP contribution >= 0.6 is 0 Å². The molecule has 0 aliphatic heterocycles. The van der Waals surface area contributed by atoms with E-state index in [9.17, 15) is 13.2 Å². The van der Waals surface area contributed by atoms with Gasteiger partial charge in [-0.05, 0) is 13.8 Å². The average Bonchev–Trinajstić information content (AvgIpc) is 2.00. The Labute approximate surface area is 85.0 Å². The van der Waals surface area contributed by atoms with Gasteiger partial charge in [0, 0.05) is 19.0 Å². The molecule has 0 spiro atoms. The van der Waals surface area contributed by atoms with Crippen LogP contribution in [-0.4, -0.2) is 38.4 Å². The Morgan fingerprint density at radius 1 is 1.36 bits per heavy atom. The first kappa shape index (κ1) is 13.4. The lowest BCUT2D eigenvalue weighted by molar-refractivity contribution is -0.121. The van der Waals surface area contributed by atoms with Gasteiger partial charge in [-0.3, -0.25) is 4.79 Å². The Hall–Kier alpha value is -0.620. The van der Waals surface area contributed by atoms with Gasteiger partial charge < -0.3 is 11.1 Å². The molecule has 0 aliphatic carbocycles. The van der Waals surface area contributed by atoms with E-state index in [0.29, 0.717) is 0 Å². The Balaban J connectivity index is 3.88. The Morgan fingerprint density at radius 2 is 1.93 bits per heavy atom. The number of rotatable bonds is 6. The average molecular weight is 222 g/mol. The van der Waals surface area contributed by atoms with Gasteiger partial charge in [0.05, 0.1) is 11.5 Å². The fourth-order valence-corrected chi connectivity index (χ4v) is 1.98. The second-order valence-corrected chi connectivity index (χ2v) is 5.72. The lowest BCUT2D eigenvalue weighted by Gasteiger charge is -2.07. The maximum atomic E-state index is 11.2. The number of hydrogen-bond acceptors (Lipinski definition) is 4. The lowest BCUT2D eigenvalue weighted by Crippen LogP contribution is -2.32. The van der Waals surface area contributed by atoms with Crippen LogP contribution in [0.4, 0.5) is 0 Å². The number of carbonyl (C=O) groups is 1. The molecule has 3 N–H and O–H groups in total. The number of nitrogens with one attached hydrogen (secondary N) is 1. The lowest BCUT2D eigenvalue weighted by atomic mass is 10.3. The summed E-state index contributed by atoms with van der Waals surface area (Å²) in [4.78, 5) is 11.1. The van der Waals surface area contributed by atoms with E-state index in [1.54, 1.807) is 0 Å². The van der Waals surface area contributed by atoms with Crippen molar-refractivity contribution in [2.75, 3.05) is 18.1 Å². The highest BCUT2D eigenvalue weighted by Crippen LogP contribution is 1.93. The first-order chi connectivity index (χ1) is 6.37. The summed E-state index contributed by atoms with van der Waals surface area (Å²) in [7, 11) is -3.15. The van der Waals surface area contributed by atoms with E-state index in [2.05, 4.69) is 5.32 Å². The molecule has 0 fully saturated rings. The fourth-order valence-electron chi connectivity index (χ4n) is 0.924. The van der Waals surface area contributed by atoms with Gasteiger partial charge >= 0.3 is 0 Å². The SMILES string of the molecule is CC(C)NC(=O)CCS(=O)(=O)CCN. The molecule has 0 aromatic rings. The van der Waals surface area contributed by atoms with Crippen molar-refractivity contribution in [2.24, 2.45) is 5.73 Å². The molecule has 0 bridgehead atoms. The molecule has 1 amide bonds. The van der Waals surface area contributed by atoms with E-state index in [4.69, 9.17) is 5.73 Å². The highest BCUT2D eigenvalue weighted by molar-refractivity contribution is 7.91. The zero-order valence-electron chi connectivity index (χ0n) is 8.62. The molecular formula is C8H18N2O3S. The second-order valence-electron chi connectivity index (χ2n) is 3.41. The minimum atomic E-state index is -3.15. The van der Waals surface area contributed by atoms with Gasteiger partial charge in [0.1, 0.15) is 0 Å². The summed E-state index contributed by atoms with van der Waals surface area (Å²) >= 11 is 0. The Morgan fingerprint density at radius 3 is 2.36 bits per heavy atom. The number of carbonyl (C=O) groups excluding carboxylic acids is 1. The molecule has 0 heterocycles. The topological polar surface area (TPSA) is 89.3 Å². The van der Waals surface area contributed by atoms with Crippen LogP contribution in [0.15, 0.2) is 0 Å². The van der Waals surface area contributed by atoms with Gasteiger partial charge in [-0.1, -0.05) is 0 Å². The zero-order valence-corrected chi connectivity index (χ0v) is 9.43. The van der Waals surface area contributed by atoms with Gasteiger partial charge in [0.25, 0.3) is 0 Å². The molecule has 84 valence electrons. The largest absolute Gasteiger partial charge is 0.354 e. The standard InChI is InChI=1S/C8H18N2O3S/c1-7(2)10-8(11)3-5-14(12,13)6-4-9/h7H,3-6,9H2,1-2H3,(H,10,11). The third-order valence-electron chi connectivity index (χ3n) is 1.52. The van der Waals surface area contributed by atoms with Crippen LogP contribution in [0.1, 0.15) is 20.3 Å². The molecule has 0 radical (unpaired) electrons. The maximum absolute atomic E-state index is 11.2. The number of hydrogen-bond donors (Lipinski definition) is 2. The molecule has 0 aromatic heterocycles. The van der Waals surface area contributed by atoms with E-state index >= 15 is 0 Å². The first-order valence-electron chi connectivity index (χ1n) is 4.57. The molecule has 14 heavy (non-hydrogen) atoms. The van der Waals surface area contributed by atoms with Crippen molar-refractivity contribution in [3.63, 3.8) is 0 Å². The zero-order chi connectivity index (χ0) is 11.2. The highest BCUT2D eigenvalue weighted by Gasteiger charge is 2.12. The normalized spacial score (nSPS) is 11.7. The van der Waals surface area contributed by atoms with Crippen molar-refractivity contribution < 1.29 is 13.2 Å². The summed E-state index contributed by atoms with van der Waals surface area (Å²) in [6.07, 6.45) is 0.0144. The summed E-state index contributed by atoms with van der Waals surface area (Å²) < 4.78 is 22.3. The Kier molecular flexibility index (Phi) is 5.71. The molecule has 0 rings (SSSR count). The van der Waals surface area contributed by atoms with Crippen LogP contribution in [0.2, 0.25) is 0 Å². The molecule has 0 atom stereocenters. The summed E-state index contributed by atoms with van der Waals surface area (Å²) in [5.41, 5.74) is 5.12. The Bertz CT molecular complexity index is 272. The number of nitrogens with two attached hydrogens (primary N) is 1. The van der Waals surface area contributed by atoms with E-state index < -0.39 is 9.84 Å². The highest BCUT2D eigenvalue weighted by atomic mass is 32.2. The predicted molar refractivity (Wildman–Crippen MR) is 55.6 cm³/mol. The van der Waals surface area contributed by atoms with Crippen molar-refractivity contribution >= 4 is 15.7 Å². The quantitative estimate of drug-likeness (QED) is 0.620. The van der Waals surface area contributed by atoms with Crippen molar-refractivity contribution in [2.45, 2.75) is 26.3 Å². The molecule has 0 aromatic carbocycles. The van der Waals surface area contributed by atoms with Crippen molar-refractivity contribution in [3.8, 4) is 0 Å². The molecule has 0 saturated carbocycles. The van der Waals surface area contributed by atoms with E-state index in [1.165, 1.54) is 0 Å². The summed E-state index contributed by atoms with van der Waals surface area (Å²) in [5.74, 6) is -0.411. The summed E-state index contributed by atoms with van der Waals surface area (Å²) in [6.45, 7) is 3.76. The third-order valence-corrected chi connectivity index (χ3v) is 3.20.